The summed E-state index contributed by atoms with van der Waals surface area (Å²) >= 11 is 0. The lowest BCUT2D eigenvalue weighted by molar-refractivity contribution is 0.132. The van der Waals surface area contributed by atoms with E-state index in [1.54, 1.807) is 6.20 Å². The molecule has 0 aliphatic heterocycles. The fourth-order valence-electron chi connectivity index (χ4n) is 2.75. The van der Waals surface area contributed by atoms with Crippen molar-refractivity contribution in [1.82, 2.24) is 4.98 Å². The van der Waals surface area contributed by atoms with Crippen molar-refractivity contribution in [2.75, 3.05) is 5.73 Å². The number of nitrogen functional groups attached to an aromatic ring is 1. The first-order chi connectivity index (χ1) is 9.22. The molecule has 3 rings (SSSR count). The molecule has 98 valence electrons. The van der Waals surface area contributed by atoms with Gasteiger partial charge in [-0.2, -0.15) is 0 Å². The predicted molar refractivity (Wildman–Crippen MR) is 75.7 cm³/mol. The Balaban J connectivity index is 1.82. The van der Waals surface area contributed by atoms with Gasteiger partial charge in [-0.1, -0.05) is 36.4 Å². The number of pyridine rings is 1. The summed E-state index contributed by atoms with van der Waals surface area (Å²) in [6.07, 6.45) is 3.92. The topological polar surface area (TPSA) is 59.1 Å². The molecule has 0 saturated heterocycles. The summed E-state index contributed by atoms with van der Waals surface area (Å²) < 4.78 is 0. The number of rotatable bonds is 4. The minimum absolute atomic E-state index is 0.0798. The highest BCUT2D eigenvalue weighted by atomic mass is 16.3. The van der Waals surface area contributed by atoms with E-state index in [0.29, 0.717) is 12.2 Å². The van der Waals surface area contributed by atoms with Gasteiger partial charge in [-0.25, -0.2) is 4.98 Å². The van der Waals surface area contributed by atoms with E-state index in [0.717, 1.165) is 18.4 Å². The summed E-state index contributed by atoms with van der Waals surface area (Å²) in [7, 11) is 0. The monoisotopic (exact) mass is 254 g/mol. The number of nitrogens with zero attached hydrogens (tertiary/aromatic N) is 1. The molecular weight excluding hydrogens is 236 g/mol. The zero-order valence-corrected chi connectivity index (χ0v) is 10.8. The number of hydrogen-bond acceptors (Lipinski definition) is 3. The van der Waals surface area contributed by atoms with Gasteiger partial charge in [0.05, 0.1) is 6.10 Å². The van der Waals surface area contributed by atoms with Crippen LogP contribution in [-0.4, -0.2) is 16.2 Å². The Morgan fingerprint density at radius 3 is 2.53 bits per heavy atom. The fraction of sp³-hybridized carbons (Fsp3) is 0.312. The van der Waals surface area contributed by atoms with Gasteiger partial charge >= 0.3 is 0 Å². The third-order valence-corrected chi connectivity index (χ3v) is 4.11. The number of hydrogen-bond donors (Lipinski definition) is 2. The van der Waals surface area contributed by atoms with Gasteiger partial charge in [0, 0.05) is 18.0 Å². The molecule has 0 amide bonds. The van der Waals surface area contributed by atoms with Crippen molar-refractivity contribution in [2.45, 2.75) is 30.8 Å². The zero-order valence-electron chi connectivity index (χ0n) is 10.8. The lowest BCUT2D eigenvalue weighted by Gasteiger charge is -2.23. The molecule has 3 N–H and O–H groups in total. The van der Waals surface area contributed by atoms with Crippen LogP contribution in [0.4, 0.5) is 5.82 Å². The number of benzene rings is 1. The maximum absolute atomic E-state index is 10.6. The molecule has 19 heavy (non-hydrogen) atoms. The quantitative estimate of drug-likeness (QED) is 0.880. The van der Waals surface area contributed by atoms with Crippen LogP contribution in [0, 0.1) is 0 Å². The number of aliphatic hydroxyl groups excluding tert-OH is 1. The van der Waals surface area contributed by atoms with Gasteiger partial charge in [-0.05, 0) is 30.0 Å². The van der Waals surface area contributed by atoms with Crippen LogP contribution >= 0.6 is 0 Å². The maximum atomic E-state index is 10.6. The van der Waals surface area contributed by atoms with Crippen molar-refractivity contribution in [2.24, 2.45) is 0 Å². The summed E-state index contributed by atoms with van der Waals surface area (Å²) in [5, 5.41) is 10.6. The molecule has 1 aliphatic rings. The first-order valence-corrected chi connectivity index (χ1v) is 6.65. The highest BCUT2D eigenvalue weighted by molar-refractivity contribution is 5.41. The lowest BCUT2D eigenvalue weighted by Crippen LogP contribution is -2.28. The van der Waals surface area contributed by atoms with Crippen LogP contribution in [0.3, 0.4) is 0 Å². The third kappa shape index (κ3) is 2.22. The third-order valence-electron chi connectivity index (χ3n) is 4.11. The van der Waals surface area contributed by atoms with E-state index in [1.165, 1.54) is 5.56 Å². The summed E-state index contributed by atoms with van der Waals surface area (Å²) in [4.78, 5) is 4.07. The Morgan fingerprint density at radius 2 is 1.89 bits per heavy atom. The van der Waals surface area contributed by atoms with Crippen LogP contribution in [-0.2, 0) is 11.8 Å². The first kappa shape index (κ1) is 12.2. The van der Waals surface area contributed by atoms with E-state index in [2.05, 4.69) is 17.1 Å². The summed E-state index contributed by atoms with van der Waals surface area (Å²) in [6.45, 7) is 0. The van der Waals surface area contributed by atoms with E-state index in [4.69, 9.17) is 5.73 Å². The standard InChI is InChI=1S/C16H18N2O/c17-15-12(5-4-10-18-15)11-14(19)16(8-9-16)13-6-2-1-3-7-13/h1-7,10,14,19H,8-9,11H2,(H2,17,18). The molecule has 3 heteroatoms. The van der Waals surface area contributed by atoms with Crippen molar-refractivity contribution in [3.63, 3.8) is 0 Å². The van der Waals surface area contributed by atoms with E-state index in [-0.39, 0.29) is 5.41 Å². The van der Waals surface area contributed by atoms with Gasteiger partial charge in [-0.15, -0.1) is 0 Å². The molecule has 1 fully saturated rings. The van der Waals surface area contributed by atoms with E-state index >= 15 is 0 Å². The number of anilines is 1. The maximum Gasteiger partial charge on any atom is 0.126 e. The second-order valence-electron chi connectivity index (χ2n) is 5.29. The van der Waals surface area contributed by atoms with Gasteiger partial charge in [0.2, 0.25) is 0 Å². The zero-order chi connectivity index (χ0) is 13.3. The fourth-order valence-corrected chi connectivity index (χ4v) is 2.75. The highest BCUT2D eigenvalue weighted by Crippen LogP contribution is 2.51. The van der Waals surface area contributed by atoms with Crippen LogP contribution in [0.2, 0.25) is 0 Å². The van der Waals surface area contributed by atoms with E-state index < -0.39 is 6.10 Å². The SMILES string of the molecule is Nc1ncccc1CC(O)C1(c2ccccc2)CC1. The highest BCUT2D eigenvalue weighted by Gasteiger charge is 2.50. The Kier molecular flexibility index (Phi) is 2.99. The normalized spacial score (nSPS) is 17.9. The molecule has 1 aromatic heterocycles. The van der Waals surface area contributed by atoms with Crippen molar-refractivity contribution >= 4 is 5.82 Å². The molecule has 1 saturated carbocycles. The van der Waals surface area contributed by atoms with Gasteiger partial charge in [-0.3, -0.25) is 0 Å². The first-order valence-electron chi connectivity index (χ1n) is 6.65. The van der Waals surface area contributed by atoms with Crippen molar-refractivity contribution in [3.05, 3.63) is 59.8 Å². The number of nitrogens with two attached hydrogens (primary N) is 1. The Bertz CT molecular complexity index is 564. The van der Waals surface area contributed by atoms with Crippen LogP contribution in [0.25, 0.3) is 0 Å². The predicted octanol–water partition coefficient (Wildman–Crippen LogP) is 2.30. The molecule has 1 aliphatic carbocycles. The molecule has 3 nitrogen and oxygen atoms in total. The average Bonchev–Trinajstić information content (AvgIpc) is 3.24. The summed E-state index contributed by atoms with van der Waals surface area (Å²) in [5.74, 6) is 0.519. The van der Waals surface area contributed by atoms with Crippen LogP contribution < -0.4 is 5.73 Å². The molecule has 1 atom stereocenters. The van der Waals surface area contributed by atoms with Crippen LogP contribution in [0.1, 0.15) is 24.0 Å². The van der Waals surface area contributed by atoms with E-state index in [1.807, 2.05) is 30.3 Å². The van der Waals surface area contributed by atoms with Crippen molar-refractivity contribution < 1.29 is 5.11 Å². The average molecular weight is 254 g/mol. The smallest absolute Gasteiger partial charge is 0.126 e. The second kappa shape index (κ2) is 4.67. The molecular formula is C16H18N2O. The van der Waals surface area contributed by atoms with E-state index in [9.17, 15) is 5.11 Å². The Hall–Kier alpha value is -1.87. The summed E-state index contributed by atoms with van der Waals surface area (Å²) in [6, 6.07) is 14.1. The van der Waals surface area contributed by atoms with Gasteiger partial charge in [0.15, 0.2) is 0 Å². The Labute approximate surface area is 113 Å². The minimum atomic E-state index is -0.401. The number of aromatic nitrogens is 1. The second-order valence-corrected chi connectivity index (χ2v) is 5.29. The molecule has 0 radical (unpaired) electrons. The minimum Gasteiger partial charge on any atom is -0.392 e. The van der Waals surface area contributed by atoms with Crippen molar-refractivity contribution in [1.29, 1.82) is 0 Å². The molecule has 1 heterocycles. The molecule has 1 aromatic carbocycles. The molecule has 0 spiro atoms. The van der Waals surface area contributed by atoms with Crippen molar-refractivity contribution in [3.8, 4) is 0 Å². The Morgan fingerprint density at radius 1 is 1.16 bits per heavy atom. The summed E-state index contributed by atoms with van der Waals surface area (Å²) in [5.41, 5.74) is 7.92. The van der Waals surface area contributed by atoms with Gasteiger partial charge in [0.25, 0.3) is 0 Å². The largest absolute Gasteiger partial charge is 0.392 e. The lowest BCUT2D eigenvalue weighted by atomic mass is 9.86. The molecule has 0 bridgehead atoms. The van der Waals surface area contributed by atoms with Crippen LogP contribution in [0.15, 0.2) is 48.7 Å². The van der Waals surface area contributed by atoms with Gasteiger partial charge < -0.3 is 10.8 Å². The molecule has 2 aromatic rings. The number of aliphatic hydroxyl groups is 1. The van der Waals surface area contributed by atoms with Crippen LogP contribution in [0.5, 0.6) is 0 Å². The van der Waals surface area contributed by atoms with Gasteiger partial charge in [0.1, 0.15) is 5.82 Å². The molecule has 1 unspecified atom stereocenters.